The van der Waals surface area contributed by atoms with Crippen molar-refractivity contribution in [2.45, 2.75) is 13.5 Å². The molecule has 0 unspecified atom stereocenters. The van der Waals surface area contributed by atoms with Crippen LogP contribution in [-0.2, 0) is 6.54 Å². The molecule has 0 aliphatic carbocycles. The lowest BCUT2D eigenvalue weighted by atomic mass is 10.1. The van der Waals surface area contributed by atoms with Crippen LogP contribution in [0, 0.1) is 6.92 Å². The lowest BCUT2D eigenvalue weighted by Gasteiger charge is -2.15. The maximum Gasteiger partial charge on any atom is 0.166 e. The Bertz CT molecular complexity index is 355. The highest BCUT2D eigenvalue weighted by molar-refractivity contribution is 6.32. The summed E-state index contributed by atoms with van der Waals surface area (Å²) in [4.78, 5) is 0. The van der Waals surface area contributed by atoms with E-state index in [0.717, 1.165) is 5.56 Å². The first-order chi connectivity index (χ1) is 7.15. The smallest absolute Gasteiger partial charge is 0.166 e. The van der Waals surface area contributed by atoms with Gasteiger partial charge in [-0.2, -0.15) is 0 Å². The number of hydroxylamine groups is 1. The van der Waals surface area contributed by atoms with Gasteiger partial charge in [0, 0.05) is 5.56 Å². The van der Waals surface area contributed by atoms with Crippen LogP contribution in [0.25, 0.3) is 0 Å². The average Bonchev–Trinajstić information content (AvgIpc) is 2.24. The lowest BCUT2D eigenvalue weighted by Crippen LogP contribution is -2.09. The van der Waals surface area contributed by atoms with E-state index in [1.807, 2.05) is 6.92 Å². The molecule has 4 nitrogen and oxygen atoms in total. The third kappa shape index (κ3) is 2.34. The number of benzene rings is 1. The zero-order valence-electron chi connectivity index (χ0n) is 8.93. The minimum absolute atomic E-state index is 0.208. The zero-order valence-corrected chi connectivity index (χ0v) is 9.68. The minimum atomic E-state index is 0.208. The number of halogens is 1. The zero-order chi connectivity index (χ0) is 11.4. The molecule has 0 saturated heterocycles. The van der Waals surface area contributed by atoms with Gasteiger partial charge in [-0.1, -0.05) is 11.6 Å². The number of ether oxygens (including phenoxy) is 2. The SMILES string of the molecule is COc1cc(C)c(Cl)c(CNO)c1OC. The highest BCUT2D eigenvalue weighted by atomic mass is 35.5. The van der Waals surface area contributed by atoms with Gasteiger partial charge in [-0.15, -0.1) is 0 Å². The molecule has 0 radical (unpaired) electrons. The van der Waals surface area contributed by atoms with Gasteiger partial charge < -0.3 is 14.7 Å². The van der Waals surface area contributed by atoms with Gasteiger partial charge in [-0.3, -0.25) is 0 Å². The summed E-state index contributed by atoms with van der Waals surface area (Å²) in [6.45, 7) is 2.07. The molecule has 0 aromatic heterocycles. The van der Waals surface area contributed by atoms with Gasteiger partial charge in [-0.25, -0.2) is 5.48 Å². The Morgan fingerprint density at radius 2 is 2.07 bits per heavy atom. The van der Waals surface area contributed by atoms with Gasteiger partial charge in [0.2, 0.25) is 0 Å². The van der Waals surface area contributed by atoms with E-state index in [9.17, 15) is 0 Å². The van der Waals surface area contributed by atoms with Crippen molar-refractivity contribution in [2.24, 2.45) is 0 Å². The molecule has 5 heteroatoms. The summed E-state index contributed by atoms with van der Waals surface area (Å²) in [5.41, 5.74) is 3.61. The second-order valence-electron chi connectivity index (χ2n) is 3.06. The highest BCUT2D eigenvalue weighted by Gasteiger charge is 2.15. The van der Waals surface area contributed by atoms with E-state index >= 15 is 0 Å². The number of aryl methyl sites for hydroxylation is 1. The van der Waals surface area contributed by atoms with Gasteiger partial charge in [0.05, 0.1) is 25.8 Å². The van der Waals surface area contributed by atoms with E-state index < -0.39 is 0 Å². The summed E-state index contributed by atoms with van der Waals surface area (Å²) in [6.07, 6.45) is 0. The molecule has 0 aliphatic rings. The summed E-state index contributed by atoms with van der Waals surface area (Å²) in [6, 6.07) is 1.79. The van der Waals surface area contributed by atoms with Crippen molar-refractivity contribution in [1.29, 1.82) is 0 Å². The van der Waals surface area contributed by atoms with Crippen LogP contribution in [-0.4, -0.2) is 19.4 Å². The second-order valence-corrected chi connectivity index (χ2v) is 3.43. The topological polar surface area (TPSA) is 50.7 Å². The molecule has 0 bridgehead atoms. The number of hydrogen-bond donors (Lipinski definition) is 2. The van der Waals surface area contributed by atoms with E-state index in [2.05, 4.69) is 5.48 Å². The van der Waals surface area contributed by atoms with Crippen LogP contribution in [0.4, 0.5) is 0 Å². The van der Waals surface area contributed by atoms with Crippen molar-refractivity contribution in [1.82, 2.24) is 5.48 Å². The van der Waals surface area contributed by atoms with E-state index in [0.29, 0.717) is 22.1 Å². The van der Waals surface area contributed by atoms with Crippen LogP contribution in [0.5, 0.6) is 11.5 Å². The first-order valence-electron chi connectivity index (χ1n) is 4.42. The predicted molar refractivity (Wildman–Crippen MR) is 57.9 cm³/mol. The Balaban J connectivity index is 3.35. The van der Waals surface area contributed by atoms with E-state index in [1.165, 1.54) is 7.11 Å². The van der Waals surface area contributed by atoms with Crippen LogP contribution in [0.3, 0.4) is 0 Å². The Morgan fingerprint density at radius 1 is 1.40 bits per heavy atom. The summed E-state index contributed by atoms with van der Waals surface area (Å²) in [7, 11) is 3.09. The van der Waals surface area contributed by atoms with Gasteiger partial charge in [-0.05, 0) is 18.6 Å². The van der Waals surface area contributed by atoms with Crippen molar-refractivity contribution < 1.29 is 14.7 Å². The number of methoxy groups -OCH3 is 2. The van der Waals surface area contributed by atoms with Crippen LogP contribution in [0.2, 0.25) is 5.02 Å². The standard InChI is InChI=1S/C10H14ClNO3/c1-6-4-8(14-2)10(15-3)7(5-12-13)9(6)11/h4,12-13H,5H2,1-3H3. The Hall–Kier alpha value is -0.970. The molecule has 84 valence electrons. The third-order valence-corrected chi connectivity index (χ3v) is 2.66. The molecule has 0 fully saturated rings. The molecule has 1 rings (SSSR count). The first kappa shape index (κ1) is 12.1. The molecule has 2 N–H and O–H groups in total. The Morgan fingerprint density at radius 3 is 2.53 bits per heavy atom. The second kappa shape index (κ2) is 5.21. The monoisotopic (exact) mass is 231 g/mol. The number of rotatable bonds is 4. The van der Waals surface area contributed by atoms with Gasteiger partial charge in [0.25, 0.3) is 0 Å². The molecule has 0 aliphatic heterocycles. The quantitative estimate of drug-likeness (QED) is 0.780. The maximum atomic E-state index is 8.71. The first-order valence-corrected chi connectivity index (χ1v) is 4.80. The predicted octanol–water partition coefficient (Wildman–Crippen LogP) is 2.14. The van der Waals surface area contributed by atoms with Crippen molar-refractivity contribution in [3.05, 3.63) is 22.2 Å². The largest absolute Gasteiger partial charge is 0.493 e. The average molecular weight is 232 g/mol. The summed E-state index contributed by atoms with van der Waals surface area (Å²) >= 11 is 6.10. The van der Waals surface area contributed by atoms with E-state index in [4.69, 9.17) is 26.3 Å². The summed E-state index contributed by atoms with van der Waals surface area (Å²) in [5.74, 6) is 1.14. The fourth-order valence-corrected chi connectivity index (χ4v) is 1.63. The normalized spacial score (nSPS) is 10.2. The molecule has 0 spiro atoms. The van der Waals surface area contributed by atoms with Crippen LogP contribution < -0.4 is 15.0 Å². The molecular weight excluding hydrogens is 218 g/mol. The minimum Gasteiger partial charge on any atom is -0.493 e. The maximum absolute atomic E-state index is 8.71. The van der Waals surface area contributed by atoms with Crippen molar-refractivity contribution >= 4 is 11.6 Å². The molecular formula is C10H14ClNO3. The number of nitrogens with one attached hydrogen (secondary N) is 1. The summed E-state index contributed by atoms with van der Waals surface area (Å²) in [5, 5.41) is 9.28. The fourth-order valence-electron chi connectivity index (χ4n) is 1.42. The van der Waals surface area contributed by atoms with Crippen molar-refractivity contribution in [2.75, 3.05) is 14.2 Å². The molecule has 1 aromatic carbocycles. The molecule has 15 heavy (non-hydrogen) atoms. The fraction of sp³-hybridized carbons (Fsp3) is 0.400. The van der Waals surface area contributed by atoms with Gasteiger partial charge in [0.1, 0.15) is 0 Å². The number of hydrogen-bond acceptors (Lipinski definition) is 4. The van der Waals surface area contributed by atoms with Crippen LogP contribution >= 0.6 is 11.6 Å². The Labute approximate surface area is 93.7 Å². The van der Waals surface area contributed by atoms with Crippen LogP contribution in [0.1, 0.15) is 11.1 Å². The lowest BCUT2D eigenvalue weighted by molar-refractivity contribution is 0.160. The van der Waals surface area contributed by atoms with Crippen molar-refractivity contribution in [3.8, 4) is 11.5 Å². The molecule has 0 atom stereocenters. The van der Waals surface area contributed by atoms with Gasteiger partial charge in [0.15, 0.2) is 11.5 Å². The molecule has 1 aromatic rings. The Kier molecular flexibility index (Phi) is 4.20. The third-order valence-electron chi connectivity index (χ3n) is 2.14. The van der Waals surface area contributed by atoms with Crippen LogP contribution in [0.15, 0.2) is 6.07 Å². The molecule has 0 heterocycles. The van der Waals surface area contributed by atoms with Crippen molar-refractivity contribution in [3.63, 3.8) is 0 Å². The van der Waals surface area contributed by atoms with E-state index in [1.54, 1.807) is 13.2 Å². The summed E-state index contributed by atoms with van der Waals surface area (Å²) < 4.78 is 10.4. The molecule has 0 amide bonds. The molecule has 0 saturated carbocycles. The highest BCUT2D eigenvalue weighted by Crippen LogP contribution is 2.38. The van der Waals surface area contributed by atoms with E-state index in [-0.39, 0.29) is 6.54 Å². The van der Waals surface area contributed by atoms with Gasteiger partial charge >= 0.3 is 0 Å².